The number of hydrogen-bond donors (Lipinski definition) is 1. The third kappa shape index (κ3) is 3.40. The maximum Gasteiger partial charge on any atom is 0.121 e. The normalized spacial score (nSPS) is 15.3. The fourth-order valence-corrected chi connectivity index (χ4v) is 3.18. The van der Waals surface area contributed by atoms with Crippen LogP contribution < -0.4 is 10.1 Å². The van der Waals surface area contributed by atoms with E-state index >= 15 is 0 Å². The minimum absolute atomic E-state index is 0.599. The number of benzene rings is 1. The Balaban J connectivity index is 1.64. The van der Waals surface area contributed by atoms with Crippen molar-refractivity contribution in [3.63, 3.8) is 0 Å². The molecule has 2 aromatic rings. The van der Waals surface area contributed by atoms with Gasteiger partial charge in [0.25, 0.3) is 0 Å². The summed E-state index contributed by atoms with van der Waals surface area (Å²) in [5.41, 5.74) is 2.08. The van der Waals surface area contributed by atoms with Gasteiger partial charge in [0.2, 0.25) is 0 Å². The highest BCUT2D eigenvalue weighted by atomic mass is 79.9. The van der Waals surface area contributed by atoms with E-state index in [1.54, 1.807) is 7.11 Å². The van der Waals surface area contributed by atoms with Gasteiger partial charge in [-0.2, -0.15) is 5.10 Å². The molecular weight excluding hydrogens is 330 g/mol. The van der Waals surface area contributed by atoms with E-state index in [9.17, 15) is 0 Å². The van der Waals surface area contributed by atoms with Crippen LogP contribution in [0.2, 0.25) is 0 Å². The number of anilines is 1. The van der Waals surface area contributed by atoms with Gasteiger partial charge in [-0.3, -0.25) is 4.68 Å². The smallest absolute Gasteiger partial charge is 0.121 e. The third-order valence-corrected chi connectivity index (χ3v) is 4.69. The lowest BCUT2D eigenvalue weighted by atomic mass is 10.3. The molecule has 1 aliphatic carbocycles. The SMILES string of the molecule is COc1ccc(Br)c(NCc2ccn(C3CCCC3)n2)c1. The lowest BCUT2D eigenvalue weighted by Crippen LogP contribution is -2.07. The van der Waals surface area contributed by atoms with Crippen molar-refractivity contribution < 1.29 is 4.74 Å². The van der Waals surface area contributed by atoms with Crippen LogP contribution >= 0.6 is 15.9 Å². The van der Waals surface area contributed by atoms with Crippen molar-refractivity contribution in [2.24, 2.45) is 0 Å². The number of ether oxygens (including phenoxy) is 1. The first-order valence-electron chi connectivity index (χ1n) is 7.38. The molecule has 21 heavy (non-hydrogen) atoms. The Kier molecular flexibility index (Phi) is 4.48. The van der Waals surface area contributed by atoms with Gasteiger partial charge in [0.15, 0.2) is 0 Å². The summed E-state index contributed by atoms with van der Waals surface area (Å²) in [6.45, 7) is 0.714. The second-order valence-electron chi connectivity index (χ2n) is 5.42. The van der Waals surface area contributed by atoms with E-state index in [2.05, 4.69) is 43.3 Å². The monoisotopic (exact) mass is 349 g/mol. The second-order valence-corrected chi connectivity index (χ2v) is 6.28. The molecule has 1 aromatic heterocycles. The summed E-state index contributed by atoms with van der Waals surface area (Å²) in [7, 11) is 1.68. The first kappa shape index (κ1) is 14.4. The second kappa shape index (κ2) is 6.52. The van der Waals surface area contributed by atoms with Crippen molar-refractivity contribution in [2.45, 2.75) is 38.3 Å². The average Bonchev–Trinajstić information content (AvgIpc) is 3.17. The zero-order valence-electron chi connectivity index (χ0n) is 12.2. The average molecular weight is 350 g/mol. The molecule has 0 aliphatic heterocycles. The Morgan fingerprint density at radius 3 is 2.90 bits per heavy atom. The zero-order valence-corrected chi connectivity index (χ0v) is 13.8. The van der Waals surface area contributed by atoms with Gasteiger partial charge >= 0.3 is 0 Å². The van der Waals surface area contributed by atoms with Gasteiger partial charge in [-0.1, -0.05) is 12.8 Å². The molecule has 0 radical (unpaired) electrons. The topological polar surface area (TPSA) is 39.1 Å². The highest BCUT2D eigenvalue weighted by molar-refractivity contribution is 9.10. The Morgan fingerprint density at radius 2 is 2.14 bits per heavy atom. The van der Waals surface area contributed by atoms with Gasteiger partial charge in [-0.25, -0.2) is 0 Å². The maximum atomic E-state index is 5.25. The van der Waals surface area contributed by atoms with Crippen molar-refractivity contribution in [1.29, 1.82) is 0 Å². The van der Waals surface area contributed by atoms with Gasteiger partial charge in [-0.15, -0.1) is 0 Å². The Morgan fingerprint density at radius 1 is 1.33 bits per heavy atom. The van der Waals surface area contributed by atoms with Gasteiger partial charge in [0.05, 0.1) is 31.1 Å². The van der Waals surface area contributed by atoms with Crippen LogP contribution in [-0.4, -0.2) is 16.9 Å². The molecule has 0 spiro atoms. The zero-order chi connectivity index (χ0) is 14.7. The molecule has 0 saturated heterocycles. The number of rotatable bonds is 5. The maximum absolute atomic E-state index is 5.25. The summed E-state index contributed by atoms with van der Waals surface area (Å²) in [5.74, 6) is 0.845. The molecule has 3 rings (SSSR count). The molecule has 0 atom stereocenters. The molecule has 1 N–H and O–H groups in total. The van der Waals surface area contributed by atoms with Gasteiger partial charge in [-0.05, 0) is 47.0 Å². The van der Waals surface area contributed by atoms with E-state index in [4.69, 9.17) is 4.74 Å². The predicted molar refractivity (Wildman–Crippen MR) is 87.8 cm³/mol. The lowest BCUT2D eigenvalue weighted by Gasteiger charge is -2.10. The van der Waals surface area contributed by atoms with Crippen LogP contribution in [0, 0.1) is 0 Å². The van der Waals surface area contributed by atoms with Crippen LogP contribution in [0.25, 0.3) is 0 Å². The van der Waals surface area contributed by atoms with E-state index in [0.717, 1.165) is 21.6 Å². The fourth-order valence-electron chi connectivity index (χ4n) is 2.80. The van der Waals surface area contributed by atoms with E-state index in [1.165, 1.54) is 25.7 Å². The summed E-state index contributed by atoms with van der Waals surface area (Å²) in [6, 6.07) is 8.60. The van der Waals surface area contributed by atoms with Crippen molar-refractivity contribution in [3.05, 3.63) is 40.6 Å². The highest BCUT2D eigenvalue weighted by Gasteiger charge is 2.17. The van der Waals surface area contributed by atoms with E-state index < -0.39 is 0 Å². The predicted octanol–water partition coefficient (Wildman–Crippen LogP) is 4.38. The molecule has 1 aliphatic rings. The minimum atomic E-state index is 0.599. The molecular formula is C16H20BrN3O. The van der Waals surface area contributed by atoms with E-state index in [0.29, 0.717) is 12.6 Å². The fraction of sp³-hybridized carbons (Fsp3) is 0.438. The summed E-state index contributed by atoms with van der Waals surface area (Å²) >= 11 is 3.55. The molecule has 1 saturated carbocycles. The number of halogens is 1. The van der Waals surface area contributed by atoms with E-state index in [-0.39, 0.29) is 0 Å². The Bertz CT molecular complexity index is 605. The molecule has 0 unspecified atom stereocenters. The van der Waals surface area contributed by atoms with Crippen LogP contribution in [0.15, 0.2) is 34.9 Å². The number of nitrogens with zero attached hydrogens (tertiary/aromatic N) is 2. The lowest BCUT2D eigenvalue weighted by molar-refractivity contribution is 0.415. The van der Waals surface area contributed by atoms with Crippen LogP contribution in [0.5, 0.6) is 5.75 Å². The summed E-state index contributed by atoms with van der Waals surface area (Å²) in [6.07, 6.45) is 7.28. The minimum Gasteiger partial charge on any atom is -0.497 e. The standard InChI is InChI=1S/C16H20BrN3O/c1-21-14-6-7-15(17)16(10-14)18-11-12-8-9-20(19-12)13-4-2-3-5-13/h6-10,13,18H,2-5,11H2,1H3. The van der Waals surface area contributed by atoms with Crippen molar-refractivity contribution in [1.82, 2.24) is 9.78 Å². The molecule has 1 fully saturated rings. The number of aromatic nitrogens is 2. The van der Waals surface area contributed by atoms with Crippen molar-refractivity contribution in [2.75, 3.05) is 12.4 Å². The largest absolute Gasteiger partial charge is 0.497 e. The van der Waals surface area contributed by atoms with Crippen LogP contribution in [0.1, 0.15) is 37.4 Å². The Hall–Kier alpha value is -1.49. The molecule has 0 amide bonds. The number of nitrogens with one attached hydrogen (secondary N) is 1. The molecule has 112 valence electrons. The first-order valence-corrected chi connectivity index (χ1v) is 8.17. The van der Waals surface area contributed by atoms with Crippen LogP contribution in [0.3, 0.4) is 0 Å². The first-order chi connectivity index (χ1) is 10.3. The number of hydrogen-bond acceptors (Lipinski definition) is 3. The molecule has 1 aromatic carbocycles. The quantitative estimate of drug-likeness (QED) is 0.870. The van der Waals surface area contributed by atoms with Gasteiger partial charge < -0.3 is 10.1 Å². The summed E-state index contributed by atoms with van der Waals surface area (Å²) in [4.78, 5) is 0. The van der Waals surface area contributed by atoms with Gasteiger partial charge in [0, 0.05) is 16.7 Å². The molecule has 4 nitrogen and oxygen atoms in total. The van der Waals surface area contributed by atoms with Crippen LogP contribution in [-0.2, 0) is 6.54 Å². The van der Waals surface area contributed by atoms with E-state index in [1.807, 2.05) is 18.2 Å². The number of methoxy groups -OCH3 is 1. The van der Waals surface area contributed by atoms with Crippen molar-refractivity contribution in [3.8, 4) is 5.75 Å². The highest BCUT2D eigenvalue weighted by Crippen LogP contribution is 2.29. The van der Waals surface area contributed by atoms with Crippen LogP contribution in [0.4, 0.5) is 5.69 Å². The molecule has 1 heterocycles. The molecule has 5 heteroatoms. The van der Waals surface area contributed by atoms with Crippen molar-refractivity contribution >= 4 is 21.6 Å². The summed E-state index contributed by atoms with van der Waals surface area (Å²) in [5, 5.41) is 8.09. The van der Waals surface area contributed by atoms with Gasteiger partial charge in [0.1, 0.15) is 5.75 Å². The Labute approximate surface area is 133 Å². The summed E-state index contributed by atoms with van der Waals surface area (Å²) < 4.78 is 8.41. The molecule has 0 bridgehead atoms. The third-order valence-electron chi connectivity index (χ3n) is 4.00.